The van der Waals surface area contributed by atoms with Gasteiger partial charge in [-0.25, -0.2) is 4.98 Å². The average molecular weight is 345 g/mol. The van der Waals surface area contributed by atoms with E-state index in [0.29, 0.717) is 10.9 Å². The minimum atomic E-state index is -0.529. The third kappa shape index (κ3) is 5.41. The number of esters is 1. The van der Waals surface area contributed by atoms with E-state index in [1.165, 1.54) is 10.9 Å². The Balaban J connectivity index is 1.83. The van der Waals surface area contributed by atoms with Gasteiger partial charge in [-0.2, -0.15) is 0 Å². The van der Waals surface area contributed by atoms with Crippen molar-refractivity contribution in [2.45, 2.75) is 45.7 Å². The lowest BCUT2D eigenvalue weighted by molar-refractivity contribution is -0.148. The Labute approximate surface area is 146 Å². The zero-order valence-electron chi connectivity index (χ0n) is 14.5. The van der Waals surface area contributed by atoms with Crippen LogP contribution in [-0.2, 0) is 20.9 Å². The van der Waals surface area contributed by atoms with Gasteiger partial charge in [-0.1, -0.05) is 25.5 Å². The first-order chi connectivity index (χ1) is 12.0. The van der Waals surface area contributed by atoms with Crippen molar-refractivity contribution in [2.75, 3.05) is 6.61 Å². The molecule has 7 nitrogen and oxygen atoms in total. The quantitative estimate of drug-likeness (QED) is 0.735. The molecule has 7 heteroatoms. The van der Waals surface area contributed by atoms with Gasteiger partial charge in [0.05, 0.1) is 23.7 Å². The van der Waals surface area contributed by atoms with Gasteiger partial charge in [0.15, 0.2) is 6.61 Å². The van der Waals surface area contributed by atoms with E-state index in [2.05, 4.69) is 10.3 Å². The molecule has 0 aliphatic heterocycles. The molecule has 1 unspecified atom stereocenters. The number of hydrogen-bond donors (Lipinski definition) is 1. The third-order valence-electron chi connectivity index (χ3n) is 3.78. The first-order valence-electron chi connectivity index (χ1n) is 8.40. The summed E-state index contributed by atoms with van der Waals surface area (Å²) in [7, 11) is 0. The van der Waals surface area contributed by atoms with E-state index in [4.69, 9.17) is 4.74 Å². The highest BCUT2D eigenvalue weighted by Crippen LogP contribution is 2.05. The molecule has 134 valence electrons. The number of carbonyl (C=O) groups excluding carboxylic acids is 2. The SMILES string of the molecule is CCCC(C)NC(=O)COC(=O)CCn1cnc2ccccc2c1=O. The molecule has 1 N–H and O–H groups in total. The van der Waals surface area contributed by atoms with Crippen LogP contribution in [0, 0.1) is 0 Å². The first-order valence-corrected chi connectivity index (χ1v) is 8.40. The van der Waals surface area contributed by atoms with E-state index in [1.54, 1.807) is 18.2 Å². The Kier molecular flexibility index (Phi) is 6.68. The fourth-order valence-corrected chi connectivity index (χ4v) is 2.52. The average Bonchev–Trinajstić information content (AvgIpc) is 2.60. The maximum Gasteiger partial charge on any atom is 0.308 e. The van der Waals surface area contributed by atoms with E-state index < -0.39 is 5.97 Å². The first kappa shape index (κ1) is 18.6. The highest BCUT2D eigenvalue weighted by atomic mass is 16.5. The molecule has 0 aliphatic carbocycles. The number of fused-ring (bicyclic) bond motifs is 1. The highest BCUT2D eigenvalue weighted by Gasteiger charge is 2.11. The number of aromatic nitrogens is 2. The zero-order chi connectivity index (χ0) is 18.2. The van der Waals surface area contributed by atoms with Crippen LogP contribution >= 0.6 is 0 Å². The number of nitrogens with one attached hydrogen (secondary N) is 1. The Morgan fingerprint density at radius 3 is 2.84 bits per heavy atom. The molecule has 1 heterocycles. The summed E-state index contributed by atoms with van der Waals surface area (Å²) in [5.41, 5.74) is 0.411. The van der Waals surface area contributed by atoms with E-state index in [9.17, 15) is 14.4 Å². The van der Waals surface area contributed by atoms with Crippen molar-refractivity contribution < 1.29 is 14.3 Å². The maximum absolute atomic E-state index is 12.3. The Morgan fingerprint density at radius 1 is 1.32 bits per heavy atom. The second kappa shape index (κ2) is 8.96. The summed E-state index contributed by atoms with van der Waals surface area (Å²) in [5, 5.41) is 3.26. The van der Waals surface area contributed by atoms with Crippen LogP contribution in [-0.4, -0.2) is 34.1 Å². The van der Waals surface area contributed by atoms with Gasteiger partial charge in [-0.15, -0.1) is 0 Å². The molecule has 1 atom stereocenters. The Bertz CT molecular complexity index is 800. The molecule has 0 saturated heterocycles. The van der Waals surface area contributed by atoms with Gasteiger partial charge in [-0.3, -0.25) is 19.0 Å². The number of hydrogen-bond acceptors (Lipinski definition) is 5. The predicted octanol–water partition coefficient (Wildman–Crippen LogP) is 1.63. The molecule has 1 amide bonds. The summed E-state index contributed by atoms with van der Waals surface area (Å²) in [6, 6.07) is 7.08. The number of ether oxygens (including phenoxy) is 1. The van der Waals surface area contributed by atoms with Crippen LogP contribution in [0.3, 0.4) is 0 Å². The number of para-hydroxylation sites is 1. The van der Waals surface area contributed by atoms with Gasteiger partial charge < -0.3 is 10.1 Å². The van der Waals surface area contributed by atoms with Crippen molar-refractivity contribution >= 4 is 22.8 Å². The molecular weight excluding hydrogens is 322 g/mol. The van der Waals surface area contributed by atoms with E-state index >= 15 is 0 Å². The lowest BCUT2D eigenvalue weighted by Crippen LogP contribution is -2.35. The van der Waals surface area contributed by atoms with Crippen LogP contribution in [0.1, 0.15) is 33.1 Å². The fourth-order valence-electron chi connectivity index (χ4n) is 2.52. The second-order valence-corrected chi connectivity index (χ2v) is 5.93. The lowest BCUT2D eigenvalue weighted by Gasteiger charge is -2.12. The smallest absolute Gasteiger partial charge is 0.308 e. The van der Waals surface area contributed by atoms with Crippen molar-refractivity contribution in [1.29, 1.82) is 0 Å². The minimum Gasteiger partial charge on any atom is -0.456 e. The van der Waals surface area contributed by atoms with Crippen molar-refractivity contribution in [1.82, 2.24) is 14.9 Å². The molecule has 0 bridgehead atoms. The van der Waals surface area contributed by atoms with Gasteiger partial charge in [0.25, 0.3) is 11.5 Å². The zero-order valence-corrected chi connectivity index (χ0v) is 14.5. The Hall–Kier alpha value is -2.70. The molecule has 1 aromatic carbocycles. The summed E-state index contributed by atoms with van der Waals surface area (Å²) >= 11 is 0. The van der Waals surface area contributed by atoms with Gasteiger partial charge in [0.2, 0.25) is 0 Å². The van der Waals surface area contributed by atoms with Crippen LogP contribution in [0.15, 0.2) is 35.4 Å². The lowest BCUT2D eigenvalue weighted by atomic mass is 10.2. The van der Waals surface area contributed by atoms with Gasteiger partial charge in [-0.05, 0) is 25.5 Å². The third-order valence-corrected chi connectivity index (χ3v) is 3.78. The van der Waals surface area contributed by atoms with Gasteiger partial charge in [0, 0.05) is 12.6 Å². The maximum atomic E-state index is 12.3. The standard InChI is InChI=1S/C18H23N3O4/c1-3-6-13(2)20-16(22)11-25-17(23)9-10-21-12-19-15-8-5-4-7-14(15)18(21)24/h4-5,7-8,12-13H,3,6,9-11H2,1-2H3,(H,20,22). The second-order valence-electron chi connectivity index (χ2n) is 5.93. The normalized spacial score (nSPS) is 11.9. The summed E-state index contributed by atoms with van der Waals surface area (Å²) in [5.74, 6) is -0.850. The summed E-state index contributed by atoms with van der Waals surface area (Å²) in [6.07, 6.45) is 3.25. The van der Waals surface area contributed by atoms with E-state index in [1.807, 2.05) is 19.9 Å². The molecule has 0 radical (unpaired) electrons. The molecule has 2 aromatic rings. The minimum absolute atomic E-state index is 0.00226. The van der Waals surface area contributed by atoms with Crippen LogP contribution < -0.4 is 10.9 Å². The van der Waals surface area contributed by atoms with Crippen LogP contribution in [0.4, 0.5) is 0 Å². The van der Waals surface area contributed by atoms with Gasteiger partial charge in [0.1, 0.15) is 0 Å². The number of amides is 1. The van der Waals surface area contributed by atoms with Crippen molar-refractivity contribution in [2.24, 2.45) is 0 Å². The molecular formula is C18H23N3O4. The topological polar surface area (TPSA) is 90.3 Å². The summed E-state index contributed by atoms with van der Waals surface area (Å²) < 4.78 is 6.31. The van der Waals surface area contributed by atoms with Crippen LogP contribution in [0.2, 0.25) is 0 Å². The van der Waals surface area contributed by atoms with Crippen LogP contribution in [0.5, 0.6) is 0 Å². The molecule has 0 fully saturated rings. The number of rotatable bonds is 8. The van der Waals surface area contributed by atoms with Crippen molar-refractivity contribution in [3.63, 3.8) is 0 Å². The Morgan fingerprint density at radius 2 is 2.08 bits per heavy atom. The number of carbonyl (C=O) groups is 2. The van der Waals surface area contributed by atoms with Crippen molar-refractivity contribution in [3.8, 4) is 0 Å². The molecule has 0 spiro atoms. The summed E-state index contributed by atoms with van der Waals surface area (Å²) in [6.45, 7) is 3.79. The number of nitrogens with zero attached hydrogens (tertiary/aromatic N) is 2. The predicted molar refractivity (Wildman–Crippen MR) is 94.1 cm³/mol. The monoisotopic (exact) mass is 345 g/mol. The number of aryl methyl sites for hydroxylation is 1. The molecule has 0 aliphatic rings. The molecule has 2 rings (SSSR count). The fraction of sp³-hybridized carbons (Fsp3) is 0.444. The number of benzene rings is 1. The van der Waals surface area contributed by atoms with Crippen molar-refractivity contribution in [3.05, 3.63) is 40.9 Å². The van der Waals surface area contributed by atoms with E-state index in [0.717, 1.165) is 12.8 Å². The molecule has 1 aromatic heterocycles. The molecule has 0 saturated carbocycles. The largest absolute Gasteiger partial charge is 0.456 e. The summed E-state index contributed by atoms with van der Waals surface area (Å²) in [4.78, 5) is 39.9. The van der Waals surface area contributed by atoms with Crippen LogP contribution in [0.25, 0.3) is 10.9 Å². The van der Waals surface area contributed by atoms with E-state index in [-0.39, 0.29) is 37.1 Å². The molecule has 25 heavy (non-hydrogen) atoms. The van der Waals surface area contributed by atoms with Gasteiger partial charge >= 0.3 is 5.97 Å². The highest BCUT2D eigenvalue weighted by molar-refractivity contribution is 5.80.